The predicted octanol–water partition coefficient (Wildman–Crippen LogP) is 2.49. The fraction of sp³-hybridized carbons (Fsp3) is 0.846. The number of nitrogens with one attached hydrogen (secondary N) is 1. The largest absolute Gasteiger partial charge is 0.480 e. The van der Waals surface area contributed by atoms with E-state index >= 15 is 0 Å². The Morgan fingerprint density at radius 1 is 1.18 bits per heavy atom. The maximum atomic E-state index is 11.7. The van der Waals surface area contributed by atoms with Gasteiger partial charge in [-0.1, -0.05) is 27.7 Å². The highest BCUT2D eigenvalue weighted by Crippen LogP contribution is 2.51. The molecular formula is C13H27NO6P2. The molecule has 0 heterocycles. The first kappa shape index (κ1) is 21.6. The van der Waals surface area contributed by atoms with E-state index < -0.39 is 25.3 Å². The summed E-state index contributed by atoms with van der Waals surface area (Å²) in [4.78, 5) is 33.0. The van der Waals surface area contributed by atoms with Crippen molar-refractivity contribution in [2.75, 3.05) is 6.61 Å². The van der Waals surface area contributed by atoms with Gasteiger partial charge in [-0.3, -0.25) is 4.79 Å². The molecule has 1 amide bonds. The Morgan fingerprint density at radius 2 is 1.73 bits per heavy atom. The van der Waals surface area contributed by atoms with Gasteiger partial charge in [-0.05, 0) is 27.3 Å². The van der Waals surface area contributed by atoms with E-state index in [1.54, 1.807) is 0 Å². The molecule has 0 fully saturated rings. The molecule has 0 rings (SSSR count). The highest BCUT2D eigenvalue weighted by atomic mass is 31.8. The molecule has 3 atom stereocenters. The van der Waals surface area contributed by atoms with Gasteiger partial charge in [0.15, 0.2) is 6.04 Å². The van der Waals surface area contributed by atoms with Crippen molar-refractivity contribution in [2.45, 2.75) is 53.2 Å². The molecule has 3 N–H and O–H groups in total. The Balaban J connectivity index is 4.72. The van der Waals surface area contributed by atoms with Crippen LogP contribution in [0.1, 0.15) is 41.0 Å². The molecule has 0 aliphatic heterocycles. The van der Waals surface area contributed by atoms with Gasteiger partial charge in [0.25, 0.3) is 7.23 Å². The highest BCUT2D eigenvalue weighted by Gasteiger charge is 2.31. The van der Waals surface area contributed by atoms with Crippen molar-refractivity contribution in [3.05, 3.63) is 0 Å². The Morgan fingerprint density at radius 3 is 2.14 bits per heavy atom. The molecule has 0 aromatic carbocycles. The lowest BCUT2D eigenvalue weighted by molar-refractivity contribution is -0.144. The molecule has 0 aliphatic carbocycles. The van der Waals surface area contributed by atoms with Gasteiger partial charge < -0.3 is 24.4 Å². The van der Waals surface area contributed by atoms with E-state index in [1.165, 1.54) is 6.92 Å². The van der Waals surface area contributed by atoms with Gasteiger partial charge in [0.05, 0.1) is 12.7 Å². The molecule has 22 heavy (non-hydrogen) atoms. The van der Waals surface area contributed by atoms with Crippen LogP contribution in [0.15, 0.2) is 0 Å². The Kier molecular flexibility index (Phi) is 9.44. The summed E-state index contributed by atoms with van der Waals surface area (Å²) < 4.78 is 10.5. The SMILES string of the molecule is CC(C)COP(O)(=P)OC(C)C(NC(=O)CC(C)C)C(=O)O. The predicted molar refractivity (Wildman–Crippen MR) is 87.8 cm³/mol. The first-order valence-electron chi connectivity index (χ1n) is 7.16. The number of amides is 1. The maximum Gasteiger partial charge on any atom is 0.328 e. The summed E-state index contributed by atoms with van der Waals surface area (Å²) in [6.07, 6.45) is -0.746. The third-order valence-corrected chi connectivity index (χ3v) is 4.36. The Labute approximate surface area is 134 Å². The second-order valence-electron chi connectivity index (χ2n) is 6.00. The minimum absolute atomic E-state index is 0.111. The van der Waals surface area contributed by atoms with Gasteiger partial charge in [0.2, 0.25) is 5.91 Å². The third kappa shape index (κ3) is 9.54. The van der Waals surface area contributed by atoms with Crippen molar-refractivity contribution in [2.24, 2.45) is 11.8 Å². The van der Waals surface area contributed by atoms with E-state index in [0.717, 1.165) is 0 Å². The van der Waals surface area contributed by atoms with Crippen LogP contribution in [-0.4, -0.2) is 40.6 Å². The van der Waals surface area contributed by atoms with Gasteiger partial charge in [0.1, 0.15) is 0 Å². The zero-order valence-electron chi connectivity index (χ0n) is 13.7. The van der Waals surface area contributed by atoms with Crippen molar-refractivity contribution in [1.82, 2.24) is 5.32 Å². The van der Waals surface area contributed by atoms with Gasteiger partial charge in [-0.15, -0.1) is 0 Å². The fourth-order valence-corrected chi connectivity index (χ4v) is 3.41. The van der Waals surface area contributed by atoms with Gasteiger partial charge >= 0.3 is 5.97 Å². The summed E-state index contributed by atoms with van der Waals surface area (Å²) >= 11 is 0. The number of rotatable bonds is 10. The molecule has 9 heteroatoms. The lowest BCUT2D eigenvalue weighted by atomic mass is 10.1. The third-order valence-electron chi connectivity index (χ3n) is 2.54. The highest BCUT2D eigenvalue weighted by molar-refractivity contribution is 7.88. The summed E-state index contributed by atoms with van der Waals surface area (Å²) in [5, 5.41) is 11.6. The molecular weight excluding hydrogens is 328 g/mol. The number of hydrogen-bond acceptors (Lipinski definition) is 4. The van der Waals surface area contributed by atoms with Crippen LogP contribution in [-0.2, 0) is 18.6 Å². The lowest BCUT2D eigenvalue weighted by Crippen LogP contribution is -2.48. The summed E-state index contributed by atoms with van der Waals surface area (Å²) in [5.41, 5.74) is 0. The molecule has 7 nitrogen and oxygen atoms in total. The zero-order valence-corrected chi connectivity index (χ0v) is 15.6. The number of aliphatic carboxylic acids is 1. The Bertz CT molecular complexity index is 427. The lowest BCUT2D eigenvalue weighted by Gasteiger charge is -2.27. The average molecular weight is 355 g/mol. The first-order valence-corrected chi connectivity index (χ1v) is 10.1. The van der Waals surface area contributed by atoms with Gasteiger partial charge in [-0.2, -0.15) is 0 Å². The molecule has 130 valence electrons. The monoisotopic (exact) mass is 355 g/mol. The van der Waals surface area contributed by atoms with E-state index in [-0.39, 0.29) is 30.8 Å². The minimum Gasteiger partial charge on any atom is -0.480 e. The van der Waals surface area contributed by atoms with E-state index in [2.05, 4.69) is 13.8 Å². The average Bonchev–Trinajstić information content (AvgIpc) is 2.31. The number of carboxylic acids is 1. The van der Waals surface area contributed by atoms with E-state index in [9.17, 15) is 19.6 Å². The summed E-state index contributed by atoms with van der Waals surface area (Å²) in [6, 6.07) is -1.27. The summed E-state index contributed by atoms with van der Waals surface area (Å²) in [5.74, 6) is -1.32. The smallest absolute Gasteiger partial charge is 0.328 e. The van der Waals surface area contributed by atoms with Crippen molar-refractivity contribution in [3.63, 3.8) is 0 Å². The fourth-order valence-electron chi connectivity index (χ4n) is 1.55. The van der Waals surface area contributed by atoms with Crippen molar-refractivity contribution in [1.29, 1.82) is 0 Å². The van der Waals surface area contributed by atoms with E-state index in [0.29, 0.717) is 0 Å². The molecule has 3 unspecified atom stereocenters. The first-order chi connectivity index (χ1) is 9.94. The molecule has 0 bridgehead atoms. The van der Waals surface area contributed by atoms with Crippen LogP contribution in [0.2, 0.25) is 0 Å². The topological polar surface area (TPSA) is 105 Å². The van der Waals surface area contributed by atoms with E-state index in [1.807, 2.05) is 27.7 Å². The van der Waals surface area contributed by atoms with Crippen LogP contribution < -0.4 is 5.32 Å². The number of carbonyl (C=O) groups excluding carboxylic acids is 1. The second kappa shape index (κ2) is 9.64. The molecule has 0 saturated heterocycles. The molecule has 0 aromatic rings. The Hall–Kier alpha value is -0.450. The van der Waals surface area contributed by atoms with Crippen LogP contribution in [0.5, 0.6) is 0 Å². The molecule has 0 radical (unpaired) electrons. The molecule has 0 aliphatic rings. The van der Waals surface area contributed by atoms with Crippen LogP contribution in [0.4, 0.5) is 0 Å². The van der Waals surface area contributed by atoms with Crippen molar-refractivity contribution in [3.8, 4) is 0 Å². The number of hydrogen-bond donors (Lipinski definition) is 3. The molecule has 0 saturated carbocycles. The summed E-state index contributed by atoms with van der Waals surface area (Å²) in [6.45, 7) is 9.24. The van der Waals surface area contributed by atoms with E-state index in [4.69, 9.17) is 9.05 Å². The van der Waals surface area contributed by atoms with Crippen molar-refractivity contribution >= 4 is 27.6 Å². The van der Waals surface area contributed by atoms with Crippen LogP contribution in [0.3, 0.4) is 0 Å². The van der Waals surface area contributed by atoms with Crippen LogP contribution in [0, 0.1) is 11.8 Å². The molecule has 0 spiro atoms. The standard InChI is InChI=1S/C13H27NO6P2/c1-8(2)6-11(15)14-12(13(16)17)10(5)20-22(18,21)19-7-9(3)4/h8-10,12,18,21H,6-7H2,1-5H3,(H,14,15)(H,16,17). The van der Waals surface area contributed by atoms with Crippen LogP contribution in [0.25, 0.3) is 0 Å². The minimum atomic E-state index is -3.33. The van der Waals surface area contributed by atoms with Crippen molar-refractivity contribution < 1.29 is 28.6 Å². The normalized spacial score (nSPS) is 17.1. The maximum absolute atomic E-state index is 11.7. The van der Waals surface area contributed by atoms with Gasteiger partial charge in [0, 0.05) is 6.42 Å². The van der Waals surface area contributed by atoms with Gasteiger partial charge in [-0.25, -0.2) is 4.79 Å². The number of carbonyl (C=O) groups is 2. The quantitative estimate of drug-likeness (QED) is 0.520. The summed E-state index contributed by atoms with van der Waals surface area (Å²) in [7, 11) is -0.317. The number of carboxylic acid groups (broad SMARTS) is 1. The van der Waals surface area contributed by atoms with Crippen LogP contribution >= 0.6 is 15.8 Å². The molecule has 0 aromatic heterocycles. The zero-order chi connectivity index (χ0) is 17.5. The second-order valence-corrected chi connectivity index (χ2v) is 9.21.